The molecule has 1 aliphatic heterocycles. The number of fused-ring (bicyclic) bond motifs is 2. The van der Waals surface area contributed by atoms with Crippen LogP contribution in [0.25, 0.3) is 21.8 Å². The molecule has 164 valence electrons. The largest absolute Gasteiger partial charge is 0.342 e. The van der Waals surface area contributed by atoms with Gasteiger partial charge >= 0.3 is 0 Å². The van der Waals surface area contributed by atoms with E-state index < -0.39 is 0 Å². The van der Waals surface area contributed by atoms with Crippen molar-refractivity contribution in [3.8, 4) is 0 Å². The molecular weight excluding hydrogens is 394 g/mol. The van der Waals surface area contributed by atoms with Crippen LogP contribution < -0.4 is 0 Å². The number of benzene rings is 3. The standard InChI is InChI=1S/C28H31N3O/c1-19(13-21-11-12-22-7-3-4-8-23(22)16-21)15-27(32)31-17-20(2)14-24(18-31)28-29-25-9-5-6-10-26(25)30-28/h3-12,16,19-20,24H,13-15,17-18H2,1-2H3,(H,29,30)/t19-,20?,24?/m1/s1. The summed E-state index contributed by atoms with van der Waals surface area (Å²) in [5, 5.41) is 2.53. The van der Waals surface area contributed by atoms with Gasteiger partial charge in [-0.15, -0.1) is 0 Å². The van der Waals surface area contributed by atoms with E-state index in [1.165, 1.54) is 16.3 Å². The van der Waals surface area contributed by atoms with Crippen LogP contribution >= 0.6 is 0 Å². The molecule has 1 N–H and O–H groups in total. The molecule has 0 aliphatic carbocycles. The predicted octanol–water partition coefficient (Wildman–Crippen LogP) is 5.94. The van der Waals surface area contributed by atoms with Crippen LogP contribution in [0.15, 0.2) is 66.7 Å². The van der Waals surface area contributed by atoms with Crippen LogP contribution in [0.4, 0.5) is 0 Å². The number of H-pyrrole nitrogens is 1. The zero-order valence-corrected chi connectivity index (χ0v) is 18.9. The molecule has 3 aromatic carbocycles. The minimum atomic E-state index is 0.269. The van der Waals surface area contributed by atoms with Gasteiger partial charge in [0.1, 0.15) is 5.82 Å². The minimum absolute atomic E-state index is 0.269. The van der Waals surface area contributed by atoms with E-state index in [0.29, 0.717) is 18.3 Å². The molecule has 0 radical (unpaired) electrons. The Kier molecular flexibility index (Phi) is 5.69. The lowest BCUT2D eigenvalue weighted by molar-refractivity contribution is -0.134. The van der Waals surface area contributed by atoms with E-state index in [1.807, 2.05) is 18.2 Å². The van der Waals surface area contributed by atoms with Crippen LogP contribution in [0, 0.1) is 11.8 Å². The molecule has 0 saturated carbocycles. The Balaban J connectivity index is 1.24. The maximum atomic E-state index is 13.2. The van der Waals surface area contributed by atoms with Gasteiger partial charge in [0.15, 0.2) is 0 Å². The number of nitrogens with one attached hydrogen (secondary N) is 1. The van der Waals surface area contributed by atoms with Crippen LogP contribution in [-0.2, 0) is 11.2 Å². The van der Waals surface area contributed by atoms with Crippen molar-refractivity contribution in [3.05, 3.63) is 78.1 Å². The van der Waals surface area contributed by atoms with Crippen LogP contribution in [0.3, 0.4) is 0 Å². The Bertz CT molecular complexity index is 1210. The van der Waals surface area contributed by atoms with Gasteiger partial charge in [0.25, 0.3) is 0 Å². The number of nitrogens with zero attached hydrogens (tertiary/aromatic N) is 2. The number of hydrogen-bond donors (Lipinski definition) is 1. The fraction of sp³-hybridized carbons (Fsp3) is 0.357. The zero-order chi connectivity index (χ0) is 22.1. The average Bonchev–Trinajstić information content (AvgIpc) is 3.23. The summed E-state index contributed by atoms with van der Waals surface area (Å²) in [4.78, 5) is 23.6. The van der Waals surface area contributed by atoms with E-state index in [0.717, 1.165) is 42.8 Å². The van der Waals surface area contributed by atoms with Crippen LogP contribution in [0.2, 0.25) is 0 Å². The summed E-state index contributed by atoms with van der Waals surface area (Å²) in [6.45, 7) is 6.04. The highest BCUT2D eigenvalue weighted by Crippen LogP contribution is 2.30. The van der Waals surface area contributed by atoms with E-state index in [2.05, 4.69) is 72.3 Å². The normalized spacial score (nSPS) is 20.0. The first-order valence-corrected chi connectivity index (χ1v) is 11.8. The first-order chi connectivity index (χ1) is 15.5. The second-order valence-corrected chi connectivity index (χ2v) is 9.67. The third kappa shape index (κ3) is 4.40. The van der Waals surface area contributed by atoms with Gasteiger partial charge in [-0.3, -0.25) is 4.79 Å². The van der Waals surface area contributed by atoms with Crippen molar-refractivity contribution in [2.24, 2.45) is 11.8 Å². The fourth-order valence-corrected chi connectivity index (χ4v) is 5.19. The molecule has 1 fully saturated rings. The van der Waals surface area contributed by atoms with E-state index in [4.69, 9.17) is 4.98 Å². The third-order valence-electron chi connectivity index (χ3n) is 6.73. The topological polar surface area (TPSA) is 49.0 Å². The van der Waals surface area contributed by atoms with E-state index in [9.17, 15) is 4.79 Å². The summed E-state index contributed by atoms with van der Waals surface area (Å²) in [7, 11) is 0. The molecule has 5 rings (SSSR count). The quantitative estimate of drug-likeness (QED) is 0.430. The molecule has 2 heterocycles. The lowest BCUT2D eigenvalue weighted by Crippen LogP contribution is -2.43. The van der Waals surface area contributed by atoms with E-state index in [1.54, 1.807) is 0 Å². The van der Waals surface area contributed by atoms with Crippen molar-refractivity contribution in [3.63, 3.8) is 0 Å². The van der Waals surface area contributed by atoms with Crippen LogP contribution in [0.5, 0.6) is 0 Å². The van der Waals surface area contributed by atoms with Gasteiger partial charge in [-0.2, -0.15) is 0 Å². The molecule has 1 saturated heterocycles. The zero-order valence-electron chi connectivity index (χ0n) is 18.9. The van der Waals surface area contributed by atoms with Gasteiger partial charge in [0, 0.05) is 25.4 Å². The summed E-state index contributed by atoms with van der Waals surface area (Å²) >= 11 is 0. The minimum Gasteiger partial charge on any atom is -0.342 e. The van der Waals surface area contributed by atoms with E-state index in [-0.39, 0.29) is 11.8 Å². The second kappa shape index (κ2) is 8.78. The number of carbonyl (C=O) groups is 1. The summed E-state index contributed by atoms with van der Waals surface area (Å²) in [6, 6.07) is 23.2. The number of amides is 1. The smallest absolute Gasteiger partial charge is 0.222 e. The van der Waals surface area contributed by atoms with Crippen molar-refractivity contribution in [1.82, 2.24) is 14.9 Å². The molecule has 4 nitrogen and oxygen atoms in total. The number of hydrogen-bond acceptors (Lipinski definition) is 2. The Hall–Kier alpha value is -3.14. The third-order valence-corrected chi connectivity index (χ3v) is 6.73. The number of piperidine rings is 1. The van der Waals surface area contributed by atoms with Crippen molar-refractivity contribution in [2.45, 2.75) is 39.0 Å². The molecule has 32 heavy (non-hydrogen) atoms. The highest BCUT2D eigenvalue weighted by molar-refractivity contribution is 5.83. The van der Waals surface area contributed by atoms with Crippen molar-refractivity contribution in [1.29, 1.82) is 0 Å². The van der Waals surface area contributed by atoms with Crippen LogP contribution in [0.1, 0.15) is 44.0 Å². The lowest BCUT2D eigenvalue weighted by Gasteiger charge is -2.36. The van der Waals surface area contributed by atoms with Gasteiger partial charge in [0.2, 0.25) is 5.91 Å². The summed E-state index contributed by atoms with van der Waals surface area (Å²) in [5.74, 6) is 2.34. The Labute approximate surface area is 189 Å². The predicted molar refractivity (Wildman–Crippen MR) is 131 cm³/mol. The highest BCUT2D eigenvalue weighted by Gasteiger charge is 2.31. The molecule has 1 aliphatic rings. The first kappa shape index (κ1) is 20.7. The number of aromatic amines is 1. The Morgan fingerprint density at radius 3 is 2.69 bits per heavy atom. The van der Waals surface area contributed by atoms with Gasteiger partial charge in [-0.05, 0) is 53.1 Å². The van der Waals surface area contributed by atoms with E-state index >= 15 is 0 Å². The van der Waals surface area contributed by atoms with Crippen LogP contribution in [-0.4, -0.2) is 33.9 Å². The Morgan fingerprint density at radius 1 is 1.06 bits per heavy atom. The molecular formula is C28H31N3O. The van der Waals surface area contributed by atoms with Gasteiger partial charge in [0.05, 0.1) is 11.0 Å². The number of imidazole rings is 1. The summed E-state index contributed by atoms with van der Waals surface area (Å²) in [5.41, 5.74) is 3.38. The number of likely N-dealkylation sites (tertiary alicyclic amines) is 1. The van der Waals surface area contributed by atoms with Crippen molar-refractivity contribution < 1.29 is 4.79 Å². The summed E-state index contributed by atoms with van der Waals surface area (Å²) < 4.78 is 0. The molecule has 4 aromatic rings. The maximum Gasteiger partial charge on any atom is 0.222 e. The van der Waals surface area contributed by atoms with Crippen molar-refractivity contribution in [2.75, 3.05) is 13.1 Å². The molecule has 1 amide bonds. The highest BCUT2D eigenvalue weighted by atomic mass is 16.2. The number of carbonyl (C=O) groups excluding carboxylic acids is 1. The monoisotopic (exact) mass is 425 g/mol. The van der Waals surface area contributed by atoms with Gasteiger partial charge in [-0.25, -0.2) is 4.98 Å². The molecule has 1 aromatic heterocycles. The number of rotatable bonds is 5. The first-order valence-electron chi connectivity index (χ1n) is 11.8. The summed E-state index contributed by atoms with van der Waals surface area (Å²) in [6.07, 6.45) is 2.58. The number of para-hydroxylation sites is 2. The molecule has 3 atom stereocenters. The molecule has 0 bridgehead atoms. The Morgan fingerprint density at radius 2 is 1.84 bits per heavy atom. The molecule has 4 heteroatoms. The SMILES string of the molecule is CC1CC(c2nc3ccccc3[nH]2)CN(C(=O)C[C@H](C)Cc2ccc3ccccc3c2)C1. The van der Waals surface area contributed by atoms with Crippen molar-refractivity contribution >= 4 is 27.7 Å². The van der Waals surface area contributed by atoms with Gasteiger partial charge < -0.3 is 9.88 Å². The fourth-order valence-electron chi connectivity index (χ4n) is 5.19. The molecule has 2 unspecified atom stereocenters. The maximum absolute atomic E-state index is 13.2. The average molecular weight is 426 g/mol. The lowest BCUT2D eigenvalue weighted by atomic mass is 9.89. The number of aromatic nitrogens is 2. The second-order valence-electron chi connectivity index (χ2n) is 9.67. The van der Waals surface area contributed by atoms with Gasteiger partial charge in [-0.1, -0.05) is 68.4 Å². The molecule has 0 spiro atoms.